The average molecular weight is 204 g/mol. The van der Waals surface area contributed by atoms with E-state index in [4.69, 9.17) is 14.1 Å². The van der Waals surface area contributed by atoms with Gasteiger partial charge in [0.1, 0.15) is 0 Å². The summed E-state index contributed by atoms with van der Waals surface area (Å²) >= 11 is 0. The number of rotatable bonds is 0. The summed E-state index contributed by atoms with van der Waals surface area (Å²) in [4.78, 5) is 14.3. The van der Waals surface area contributed by atoms with Crippen LogP contribution in [0.25, 0.3) is 0 Å². The zero-order valence-electron chi connectivity index (χ0n) is 5.72. The van der Waals surface area contributed by atoms with Crippen molar-refractivity contribution >= 4 is 46.9 Å². The van der Waals surface area contributed by atoms with Crippen molar-refractivity contribution in [1.29, 1.82) is 0 Å². The zero-order chi connectivity index (χ0) is 3.58. The van der Waals surface area contributed by atoms with Gasteiger partial charge in [0, 0.05) is 19.5 Å². The van der Waals surface area contributed by atoms with Gasteiger partial charge >= 0.3 is 46.9 Å². The van der Waals surface area contributed by atoms with Gasteiger partial charge in [-0.05, 0) is 0 Å². The summed E-state index contributed by atoms with van der Waals surface area (Å²) in [6.07, 6.45) is 0. The summed E-state index contributed by atoms with van der Waals surface area (Å²) in [5.74, 6) is 0. The van der Waals surface area contributed by atoms with E-state index in [1.54, 1.807) is 0 Å². The first-order valence-corrected chi connectivity index (χ1v) is 1.95. The van der Waals surface area contributed by atoms with E-state index in [-0.39, 0.29) is 65.5 Å². The van der Waals surface area contributed by atoms with Crippen LogP contribution >= 0.6 is 0 Å². The predicted molar refractivity (Wildman–Crippen MR) is 22.5 cm³/mol. The molecule has 0 saturated carbocycles. The van der Waals surface area contributed by atoms with E-state index in [0.717, 1.165) is 0 Å². The Labute approximate surface area is 87.9 Å². The van der Waals surface area contributed by atoms with E-state index < -0.39 is 9.17 Å². The van der Waals surface area contributed by atoms with Gasteiger partial charge in [0.2, 0.25) is 0 Å². The van der Waals surface area contributed by atoms with Gasteiger partial charge in [-0.25, -0.2) is 0 Å². The summed E-state index contributed by atoms with van der Waals surface area (Å²) in [7, 11) is -3.13. The summed E-state index contributed by atoms with van der Waals surface area (Å²) in [6, 6.07) is 0. The first kappa shape index (κ1) is 23.7. The van der Waals surface area contributed by atoms with Crippen LogP contribution in [0.15, 0.2) is 0 Å². The molecule has 0 spiro atoms. The second-order valence-corrected chi connectivity index (χ2v) is 0.848. The van der Waals surface area contributed by atoms with E-state index in [2.05, 4.69) is 0 Å². The van der Waals surface area contributed by atoms with E-state index in [9.17, 15) is 0 Å². The zero-order valence-corrected chi connectivity index (χ0v) is 9.89. The van der Waals surface area contributed by atoms with Gasteiger partial charge in [-0.15, -0.1) is 0 Å². The largest absolute Gasteiger partial charge is 2.00 e. The van der Waals surface area contributed by atoms with E-state index >= 15 is 0 Å². The minimum Gasteiger partial charge on any atom is -1.00 e. The molecule has 0 radical (unpaired) electrons. The molecule has 4 nitrogen and oxygen atoms in total. The minimum atomic E-state index is -3.13. The number of hydrogen-bond donors (Lipinski definition) is 2. The summed E-state index contributed by atoms with van der Waals surface area (Å²) in [5.41, 5.74) is 0. The molecule has 0 saturated heterocycles. The molecule has 0 atom stereocenters. The van der Waals surface area contributed by atoms with Gasteiger partial charge < -0.3 is 17.9 Å². The monoisotopic (exact) mass is 202 g/mol. The third kappa shape index (κ3) is 104. The van der Waals surface area contributed by atoms with Crippen LogP contribution in [0.3, 0.4) is 0 Å². The van der Waals surface area contributed by atoms with Crippen molar-refractivity contribution in [3.63, 3.8) is 0 Å². The second-order valence-electron chi connectivity index (χ2n) is 0.283. The van der Waals surface area contributed by atoms with Gasteiger partial charge in [-0.1, -0.05) is 0 Å². The third-order valence-electron chi connectivity index (χ3n) is 0. The summed E-state index contributed by atoms with van der Waals surface area (Å²) in [5, 5.41) is 0. The Bertz CT molecular complexity index is 41.5. The van der Waals surface area contributed by atoms with Crippen LogP contribution in [0.4, 0.5) is 0 Å². The molecule has 0 aromatic rings. The quantitative estimate of drug-likeness (QED) is 0.423. The Hall–Kier alpha value is 1.46. The van der Waals surface area contributed by atoms with Crippen LogP contribution in [0.2, 0.25) is 0 Å². The van der Waals surface area contributed by atoms with Crippen molar-refractivity contribution in [3.8, 4) is 0 Å². The first-order valence-electron chi connectivity index (χ1n) is 0.651. The standard InChI is InChI=1S/Ca.H2O3Si.H2O.Zn.2H/c;1-4(2)3;;;;/h;1-2H;1H2;;;/q+2;;;;2*-1. The van der Waals surface area contributed by atoms with Crippen molar-refractivity contribution in [1.82, 2.24) is 0 Å². The van der Waals surface area contributed by atoms with Gasteiger partial charge in [-0.3, -0.25) is 4.46 Å². The molecule has 0 aliphatic heterocycles. The van der Waals surface area contributed by atoms with E-state index in [1.807, 2.05) is 0 Å². The normalized spacial score (nSPS) is 3.43. The molecule has 0 aromatic carbocycles. The predicted octanol–water partition coefficient (Wildman–Crippen LogP) is -2.60. The Morgan fingerprint density at radius 3 is 1.43 bits per heavy atom. The van der Waals surface area contributed by atoms with Crippen LogP contribution in [-0.2, 0) is 23.9 Å². The Balaban J connectivity index is -0.00000000450. The molecule has 0 aliphatic rings. The SMILES string of the molecule is O.O=[Si](O)O.[Ca+2].[H-].[H-].[Zn]. The van der Waals surface area contributed by atoms with E-state index in [1.165, 1.54) is 0 Å². The fourth-order valence-corrected chi connectivity index (χ4v) is 0. The molecule has 38 valence electrons. The molecule has 0 unspecified atom stereocenters. The van der Waals surface area contributed by atoms with Crippen LogP contribution in [0, 0.1) is 0 Å². The van der Waals surface area contributed by atoms with Crippen molar-refractivity contribution < 1.29 is 41.9 Å². The molecule has 0 fully saturated rings. The maximum Gasteiger partial charge on any atom is 2.00 e. The van der Waals surface area contributed by atoms with Crippen molar-refractivity contribution in [3.05, 3.63) is 0 Å². The van der Waals surface area contributed by atoms with Crippen LogP contribution in [0.1, 0.15) is 2.85 Å². The molecule has 7 heteroatoms. The molecule has 0 aromatic heterocycles. The molecular formula is H6CaO4SiZn. The summed E-state index contributed by atoms with van der Waals surface area (Å²) < 4.78 is 8.74. The topological polar surface area (TPSA) is 89.0 Å². The molecule has 7 heavy (non-hydrogen) atoms. The Morgan fingerprint density at radius 2 is 1.43 bits per heavy atom. The van der Waals surface area contributed by atoms with Crippen molar-refractivity contribution in [2.24, 2.45) is 0 Å². The van der Waals surface area contributed by atoms with Crippen molar-refractivity contribution in [2.45, 2.75) is 0 Å². The molecule has 0 heterocycles. The number of hydrogen-bond acceptors (Lipinski definition) is 1. The van der Waals surface area contributed by atoms with Crippen LogP contribution < -0.4 is 0 Å². The molecule has 4 N–H and O–H groups in total. The maximum atomic E-state index is 8.74. The maximum absolute atomic E-state index is 8.74. The molecule has 0 rings (SSSR count). The third-order valence-corrected chi connectivity index (χ3v) is 0. The van der Waals surface area contributed by atoms with Gasteiger partial charge in [-0.2, -0.15) is 0 Å². The van der Waals surface area contributed by atoms with Crippen LogP contribution in [0.5, 0.6) is 0 Å². The Kier molecular flexibility index (Phi) is 52.9. The van der Waals surface area contributed by atoms with Gasteiger partial charge in [0.25, 0.3) is 0 Å². The second kappa shape index (κ2) is 15.7. The van der Waals surface area contributed by atoms with Gasteiger partial charge in [0.05, 0.1) is 0 Å². The molecular weight excluding hydrogens is 198 g/mol. The molecule has 0 amide bonds. The van der Waals surface area contributed by atoms with Crippen LogP contribution in [-0.4, -0.2) is 62.0 Å². The molecule has 0 bridgehead atoms. The average Bonchev–Trinajstić information content (AvgIpc) is 0.811. The van der Waals surface area contributed by atoms with Crippen molar-refractivity contribution in [2.75, 3.05) is 0 Å². The Morgan fingerprint density at radius 1 is 1.43 bits per heavy atom. The summed E-state index contributed by atoms with van der Waals surface area (Å²) in [6.45, 7) is 0. The molecule has 0 aliphatic carbocycles. The smallest absolute Gasteiger partial charge is 1.00 e. The van der Waals surface area contributed by atoms with E-state index in [0.29, 0.717) is 0 Å². The minimum absolute atomic E-state index is 0. The fraction of sp³-hybridized carbons (Fsp3) is 0. The first-order chi connectivity index (χ1) is 1.73. The van der Waals surface area contributed by atoms with Gasteiger partial charge in [0.15, 0.2) is 0 Å². The fourth-order valence-electron chi connectivity index (χ4n) is 0.